The lowest BCUT2D eigenvalue weighted by atomic mass is 9.78. The Balaban J connectivity index is 1.57. The SMILES string of the molecule is CCCCCCC(=O)Oc1ccc(-c2ccc3c(c2)CCC(CC(C)CC)C3)cc1. The third kappa shape index (κ3) is 6.45. The van der Waals surface area contributed by atoms with Crippen molar-refractivity contribution in [1.29, 1.82) is 0 Å². The lowest BCUT2D eigenvalue weighted by Crippen LogP contribution is -2.16. The Labute approximate surface area is 183 Å². The first-order chi connectivity index (χ1) is 14.6. The Morgan fingerprint density at radius 3 is 2.50 bits per heavy atom. The van der Waals surface area contributed by atoms with Gasteiger partial charge in [-0.2, -0.15) is 0 Å². The quantitative estimate of drug-likeness (QED) is 0.229. The molecule has 1 aliphatic rings. The molecule has 0 bridgehead atoms. The number of fused-ring (bicyclic) bond motifs is 1. The molecule has 0 radical (unpaired) electrons. The molecule has 0 N–H and O–H groups in total. The summed E-state index contributed by atoms with van der Waals surface area (Å²) in [6.07, 6.45) is 11.3. The van der Waals surface area contributed by atoms with Crippen LogP contribution in [0.3, 0.4) is 0 Å². The standard InChI is InChI=1S/C28H38O2/c1-4-6-7-8-9-28(29)30-27-16-14-23(15-17-27)25-13-12-24-19-22(18-21(3)5-2)10-11-26(24)20-25/h12-17,20-22H,4-11,18-19H2,1-3H3. The number of hydrogen-bond acceptors (Lipinski definition) is 2. The van der Waals surface area contributed by atoms with Crippen LogP contribution in [0.4, 0.5) is 0 Å². The second kappa shape index (κ2) is 11.3. The minimum absolute atomic E-state index is 0.125. The van der Waals surface area contributed by atoms with Crippen molar-refractivity contribution in [2.45, 2.75) is 85.0 Å². The van der Waals surface area contributed by atoms with Crippen molar-refractivity contribution in [3.63, 3.8) is 0 Å². The van der Waals surface area contributed by atoms with Crippen molar-refractivity contribution in [2.75, 3.05) is 0 Å². The largest absolute Gasteiger partial charge is 0.427 e. The molecule has 2 aromatic rings. The zero-order valence-electron chi connectivity index (χ0n) is 19.1. The predicted octanol–water partition coefficient (Wildman–Crippen LogP) is 7.77. The van der Waals surface area contributed by atoms with Gasteiger partial charge in [0.1, 0.15) is 5.75 Å². The molecule has 162 valence electrons. The molecule has 0 spiro atoms. The van der Waals surface area contributed by atoms with Gasteiger partial charge in [-0.05, 0) is 78.3 Å². The maximum absolute atomic E-state index is 12.0. The molecule has 3 rings (SSSR count). The van der Waals surface area contributed by atoms with Crippen LogP contribution in [0.15, 0.2) is 42.5 Å². The van der Waals surface area contributed by atoms with Gasteiger partial charge >= 0.3 is 5.97 Å². The zero-order valence-corrected chi connectivity index (χ0v) is 19.1. The van der Waals surface area contributed by atoms with Crippen LogP contribution < -0.4 is 4.74 Å². The predicted molar refractivity (Wildman–Crippen MR) is 126 cm³/mol. The van der Waals surface area contributed by atoms with E-state index in [0.717, 1.165) is 24.7 Å². The first-order valence-electron chi connectivity index (χ1n) is 12.0. The summed E-state index contributed by atoms with van der Waals surface area (Å²) in [5, 5.41) is 0. The van der Waals surface area contributed by atoms with Crippen LogP contribution >= 0.6 is 0 Å². The number of carbonyl (C=O) groups excluding carboxylic acids is 1. The van der Waals surface area contributed by atoms with Gasteiger partial charge in [0.05, 0.1) is 0 Å². The molecule has 2 atom stereocenters. The Morgan fingerprint density at radius 2 is 1.77 bits per heavy atom. The van der Waals surface area contributed by atoms with Gasteiger partial charge in [-0.15, -0.1) is 0 Å². The lowest BCUT2D eigenvalue weighted by molar-refractivity contribution is -0.134. The van der Waals surface area contributed by atoms with Gasteiger partial charge in [0.2, 0.25) is 0 Å². The third-order valence-electron chi connectivity index (χ3n) is 6.62. The van der Waals surface area contributed by atoms with Crippen LogP contribution in [-0.4, -0.2) is 5.97 Å². The summed E-state index contributed by atoms with van der Waals surface area (Å²) < 4.78 is 5.49. The number of hydrogen-bond donors (Lipinski definition) is 0. The number of carbonyl (C=O) groups is 1. The van der Waals surface area contributed by atoms with E-state index in [0.29, 0.717) is 12.2 Å². The van der Waals surface area contributed by atoms with Gasteiger partial charge in [0.25, 0.3) is 0 Å². The van der Waals surface area contributed by atoms with Gasteiger partial charge in [0.15, 0.2) is 0 Å². The summed E-state index contributed by atoms with van der Waals surface area (Å²) in [6, 6.07) is 14.9. The fourth-order valence-electron chi connectivity index (χ4n) is 4.54. The van der Waals surface area contributed by atoms with E-state index >= 15 is 0 Å². The molecule has 2 heteroatoms. The molecule has 2 aromatic carbocycles. The minimum Gasteiger partial charge on any atom is -0.427 e. The molecule has 0 amide bonds. The van der Waals surface area contributed by atoms with Crippen LogP contribution in [0.1, 0.15) is 83.3 Å². The summed E-state index contributed by atoms with van der Waals surface area (Å²) in [4.78, 5) is 12.0. The third-order valence-corrected chi connectivity index (χ3v) is 6.62. The molecule has 2 unspecified atom stereocenters. The highest BCUT2D eigenvalue weighted by Crippen LogP contribution is 2.33. The smallest absolute Gasteiger partial charge is 0.311 e. The van der Waals surface area contributed by atoms with Crippen LogP contribution in [0.5, 0.6) is 5.75 Å². The molecule has 1 aliphatic carbocycles. The molecule has 0 aliphatic heterocycles. The van der Waals surface area contributed by atoms with Gasteiger partial charge in [0, 0.05) is 6.42 Å². The van der Waals surface area contributed by atoms with E-state index in [-0.39, 0.29) is 5.97 Å². The summed E-state index contributed by atoms with van der Waals surface area (Å²) >= 11 is 0. The first kappa shape index (κ1) is 22.6. The minimum atomic E-state index is -0.125. The maximum Gasteiger partial charge on any atom is 0.311 e. The number of ether oxygens (including phenoxy) is 1. The highest BCUT2D eigenvalue weighted by molar-refractivity contribution is 5.73. The van der Waals surface area contributed by atoms with E-state index in [4.69, 9.17) is 4.74 Å². The Kier molecular flexibility index (Phi) is 8.54. The van der Waals surface area contributed by atoms with Crippen molar-refractivity contribution in [2.24, 2.45) is 11.8 Å². The number of aryl methyl sites for hydroxylation is 1. The van der Waals surface area contributed by atoms with Gasteiger partial charge < -0.3 is 4.74 Å². The van der Waals surface area contributed by atoms with Crippen molar-refractivity contribution >= 4 is 5.97 Å². The summed E-state index contributed by atoms with van der Waals surface area (Å²) in [5.74, 6) is 2.19. The summed E-state index contributed by atoms with van der Waals surface area (Å²) in [7, 11) is 0. The van der Waals surface area contributed by atoms with Gasteiger partial charge in [-0.25, -0.2) is 0 Å². The normalized spacial score (nSPS) is 16.7. The molecule has 2 nitrogen and oxygen atoms in total. The lowest BCUT2D eigenvalue weighted by Gasteiger charge is -2.27. The molecular weight excluding hydrogens is 368 g/mol. The molecule has 0 saturated heterocycles. The molecule has 30 heavy (non-hydrogen) atoms. The van der Waals surface area contributed by atoms with Gasteiger partial charge in [-0.1, -0.05) is 76.8 Å². The van der Waals surface area contributed by atoms with E-state index in [1.807, 2.05) is 12.1 Å². The van der Waals surface area contributed by atoms with Crippen LogP contribution in [0.2, 0.25) is 0 Å². The number of unbranched alkanes of at least 4 members (excludes halogenated alkanes) is 3. The van der Waals surface area contributed by atoms with Crippen LogP contribution in [0.25, 0.3) is 11.1 Å². The Hall–Kier alpha value is -2.09. The number of benzene rings is 2. The van der Waals surface area contributed by atoms with Crippen molar-refractivity contribution < 1.29 is 9.53 Å². The fraction of sp³-hybridized carbons (Fsp3) is 0.536. The Bertz CT molecular complexity index is 806. The number of esters is 1. The van der Waals surface area contributed by atoms with E-state index in [1.54, 1.807) is 0 Å². The van der Waals surface area contributed by atoms with E-state index in [1.165, 1.54) is 67.2 Å². The molecular formula is C28H38O2. The van der Waals surface area contributed by atoms with Crippen molar-refractivity contribution in [1.82, 2.24) is 0 Å². The molecule has 0 aromatic heterocycles. The topological polar surface area (TPSA) is 26.3 Å². The van der Waals surface area contributed by atoms with Crippen LogP contribution in [0, 0.1) is 11.8 Å². The van der Waals surface area contributed by atoms with Crippen molar-refractivity contribution in [3.05, 3.63) is 53.6 Å². The summed E-state index contributed by atoms with van der Waals surface area (Å²) in [6.45, 7) is 6.85. The van der Waals surface area contributed by atoms with Gasteiger partial charge in [-0.3, -0.25) is 4.79 Å². The van der Waals surface area contributed by atoms with Crippen molar-refractivity contribution in [3.8, 4) is 16.9 Å². The average molecular weight is 407 g/mol. The highest BCUT2D eigenvalue weighted by Gasteiger charge is 2.20. The second-order valence-electron chi connectivity index (χ2n) is 9.15. The number of rotatable bonds is 10. The molecule has 0 fully saturated rings. The summed E-state index contributed by atoms with van der Waals surface area (Å²) in [5.41, 5.74) is 5.48. The fourth-order valence-corrected chi connectivity index (χ4v) is 4.54. The zero-order chi connectivity index (χ0) is 21.3. The average Bonchev–Trinajstić information content (AvgIpc) is 2.77. The second-order valence-corrected chi connectivity index (χ2v) is 9.15. The van der Waals surface area contributed by atoms with E-state index in [2.05, 4.69) is 51.1 Å². The Morgan fingerprint density at radius 1 is 1.00 bits per heavy atom. The van der Waals surface area contributed by atoms with E-state index in [9.17, 15) is 4.79 Å². The van der Waals surface area contributed by atoms with E-state index < -0.39 is 0 Å². The maximum atomic E-state index is 12.0. The van der Waals surface area contributed by atoms with Crippen LogP contribution in [-0.2, 0) is 17.6 Å². The first-order valence-corrected chi connectivity index (χ1v) is 12.0. The highest BCUT2D eigenvalue weighted by atomic mass is 16.5. The monoisotopic (exact) mass is 406 g/mol. The molecule has 0 saturated carbocycles. The molecule has 0 heterocycles.